The zero-order chi connectivity index (χ0) is 11.7. The Labute approximate surface area is 92.4 Å². The van der Waals surface area contributed by atoms with E-state index in [4.69, 9.17) is 10.9 Å². The smallest absolute Gasteiger partial charge is 0.169 e. The Bertz CT molecular complexity index is 252. The van der Waals surface area contributed by atoms with Crippen molar-refractivity contribution in [1.29, 1.82) is 0 Å². The van der Waals surface area contributed by atoms with E-state index in [1.807, 2.05) is 19.1 Å². The molecule has 0 aromatic rings. The molecule has 3 nitrogen and oxygen atoms in total. The van der Waals surface area contributed by atoms with Gasteiger partial charge in [-0.1, -0.05) is 43.7 Å². The second-order valence-corrected chi connectivity index (χ2v) is 3.96. The summed E-state index contributed by atoms with van der Waals surface area (Å²) in [6.07, 6.45) is 9.24. The molecular weight excluding hydrogens is 188 g/mol. The molecule has 0 fully saturated rings. The Morgan fingerprint density at radius 2 is 2.13 bits per heavy atom. The second-order valence-electron chi connectivity index (χ2n) is 3.96. The third-order valence-electron chi connectivity index (χ3n) is 2.16. The molecule has 0 spiro atoms. The van der Waals surface area contributed by atoms with Gasteiger partial charge in [-0.05, 0) is 25.7 Å². The van der Waals surface area contributed by atoms with Gasteiger partial charge in [0, 0.05) is 5.57 Å². The minimum absolute atomic E-state index is 0.164. The van der Waals surface area contributed by atoms with Crippen molar-refractivity contribution in [3.63, 3.8) is 0 Å². The molecule has 86 valence electrons. The van der Waals surface area contributed by atoms with E-state index in [2.05, 4.69) is 25.1 Å². The van der Waals surface area contributed by atoms with Crippen LogP contribution in [0.3, 0.4) is 0 Å². The molecule has 0 aliphatic heterocycles. The number of hydrogen-bond acceptors (Lipinski definition) is 2. The number of oxime groups is 1. The molecular formula is C12H22N2O. The normalized spacial score (nSPS) is 14.1. The maximum absolute atomic E-state index is 8.50. The Morgan fingerprint density at radius 1 is 1.47 bits per heavy atom. The largest absolute Gasteiger partial charge is 0.409 e. The van der Waals surface area contributed by atoms with Gasteiger partial charge in [-0.3, -0.25) is 0 Å². The highest BCUT2D eigenvalue weighted by molar-refractivity contribution is 5.98. The van der Waals surface area contributed by atoms with Gasteiger partial charge in [-0.25, -0.2) is 0 Å². The summed E-state index contributed by atoms with van der Waals surface area (Å²) < 4.78 is 0. The van der Waals surface area contributed by atoms with Crippen molar-refractivity contribution in [1.82, 2.24) is 0 Å². The van der Waals surface area contributed by atoms with Crippen molar-refractivity contribution in [3.05, 3.63) is 23.8 Å². The number of hydrogen-bond donors (Lipinski definition) is 2. The van der Waals surface area contributed by atoms with E-state index in [0.717, 1.165) is 17.9 Å². The molecule has 15 heavy (non-hydrogen) atoms. The number of amidine groups is 1. The number of nitrogens with zero attached hydrogens (tertiary/aromatic N) is 1. The predicted octanol–water partition coefficient (Wildman–Crippen LogP) is 3.06. The molecule has 0 bridgehead atoms. The molecule has 0 saturated heterocycles. The van der Waals surface area contributed by atoms with Crippen molar-refractivity contribution in [2.75, 3.05) is 0 Å². The van der Waals surface area contributed by atoms with Crippen LogP contribution in [0.25, 0.3) is 0 Å². The maximum Gasteiger partial charge on any atom is 0.169 e. The lowest BCUT2D eigenvalue weighted by atomic mass is 10.1. The summed E-state index contributed by atoms with van der Waals surface area (Å²) in [6.45, 7) is 6.31. The fraction of sp³-hybridized carbons (Fsp3) is 0.583. The summed E-state index contributed by atoms with van der Waals surface area (Å²) >= 11 is 0. The molecule has 0 unspecified atom stereocenters. The van der Waals surface area contributed by atoms with Gasteiger partial charge in [-0.15, -0.1) is 0 Å². The molecule has 0 radical (unpaired) electrons. The summed E-state index contributed by atoms with van der Waals surface area (Å²) in [7, 11) is 0. The number of nitrogens with two attached hydrogens (primary N) is 1. The van der Waals surface area contributed by atoms with E-state index in [-0.39, 0.29) is 5.84 Å². The zero-order valence-corrected chi connectivity index (χ0v) is 9.90. The molecule has 0 atom stereocenters. The lowest BCUT2D eigenvalue weighted by molar-refractivity contribution is 0.318. The van der Waals surface area contributed by atoms with Gasteiger partial charge in [0.15, 0.2) is 5.84 Å². The van der Waals surface area contributed by atoms with E-state index in [0.29, 0.717) is 0 Å². The Hall–Kier alpha value is -1.25. The minimum Gasteiger partial charge on any atom is -0.409 e. The van der Waals surface area contributed by atoms with Crippen molar-refractivity contribution in [2.45, 2.75) is 40.0 Å². The number of rotatable bonds is 6. The van der Waals surface area contributed by atoms with Gasteiger partial charge in [-0.2, -0.15) is 0 Å². The first-order valence-electron chi connectivity index (χ1n) is 5.42. The molecule has 3 N–H and O–H groups in total. The van der Waals surface area contributed by atoms with E-state index in [1.165, 1.54) is 12.8 Å². The third-order valence-corrected chi connectivity index (χ3v) is 2.16. The van der Waals surface area contributed by atoms with Crippen LogP contribution < -0.4 is 5.73 Å². The third kappa shape index (κ3) is 6.77. The Kier molecular flexibility index (Phi) is 7.42. The van der Waals surface area contributed by atoms with Crippen molar-refractivity contribution >= 4 is 5.84 Å². The monoisotopic (exact) mass is 210 g/mol. The summed E-state index contributed by atoms with van der Waals surface area (Å²) in [5.41, 5.74) is 6.24. The van der Waals surface area contributed by atoms with Crippen LogP contribution in [0, 0.1) is 5.92 Å². The molecule has 0 aliphatic rings. The van der Waals surface area contributed by atoms with Crippen LogP contribution in [0.4, 0.5) is 0 Å². The quantitative estimate of drug-likeness (QED) is 0.177. The van der Waals surface area contributed by atoms with Crippen LogP contribution in [0.15, 0.2) is 29.0 Å². The summed E-state index contributed by atoms with van der Waals surface area (Å²) in [4.78, 5) is 0. The Morgan fingerprint density at radius 3 is 2.60 bits per heavy atom. The summed E-state index contributed by atoms with van der Waals surface area (Å²) in [6, 6.07) is 0. The Balaban J connectivity index is 3.94. The summed E-state index contributed by atoms with van der Waals surface area (Å²) in [5.74, 6) is 0.918. The van der Waals surface area contributed by atoms with E-state index < -0.39 is 0 Å². The SMILES string of the molecule is C/C=C(\C=C/CCCC(C)C)C(/N)=N/O. The van der Waals surface area contributed by atoms with Crippen molar-refractivity contribution in [2.24, 2.45) is 16.8 Å². The molecule has 0 aromatic heterocycles. The van der Waals surface area contributed by atoms with Crippen molar-refractivity contribution in [3.8, 4) is 0 Å². The average Bonchev–Trinajstić information content (AvgIpc) is 2.22. The molecule has 0 saturated carbocycles. The zero-order valence-electron chi connectivity index (χ0n) is 9.90. The standard InChI is InChI=1S/C12H22N2O/c1-4-11(12(13)14-15)9-7-5-6-8-10(2)3/h4,7,9-10,15H,5-6,8H2,1-3H3,(H2,13,14)/b9-7-,11-4+. The molecule has 0 amide bonds. The van der Waals surface area contributed by atoms with E-state index in [1.54, 1.807) is 0 Å². The first-order valence-corrected chi connectivity index (χ1v) is 5.42. The number of unbranched alkanes of at least 4 members (excludes halogenated alkanes) is 1. The van der Waals surface area contributed by atoms with Crippen molar-refractivity contribution < 1.29 is 5.21 Å². The van der Waals surface area contributed by atoms with Crippen LogP contribution in [0.1, 0.15) is 40.0 Å². The predicted molar refractivity (Wildman–Crippen MR) is 65.0 cm³/mol. The van der Waals surface area contributed by atoms with Crippen LogP contribution in [0.2, 0.25) is 0 Å². The first kappa shape index (κ1) is 13.8. The maximum atomic E-state index is 8.50. The second kappa shape index (κ2) is 8.09. The first-order chi connectivity index (χ1) is 7.11. The van der Waals surface area contributed by atoms with Gasteiger partial charge < -0.3 is 10.9 Å². The van der Waals surface area contributed by atoms with Gasteiger partial charge in [0.1, 0.15) is 0 Å². The molecule has 0 aliphatic carbocycles. The number of allylic oxidation sites excluding steroid dienone is 2. The molecule has 0 rings (SSSR count). The average molecular weight is 210 g/mol. The van der Waals surface area contributed by atoms with Crippen LogP contribution in [0.5, 0.6) is 0 Å². The van der Waals surface area contributed by atoms with Gasteiger partial charge >= 0.3 is 0 Å². The van der Waals surface area contributed by atoms with Crippen LogP contribution >= 0.6 is 0 Å². The topological polar surface area (TPSA) is 58.6 Å². The summed E-state index contributed by atoms with van der Waals surface area (Å²) in [5, 5.41) is 11.5. The van der Waals surface area contributed by atoms with E-state index in [9.17, 15) is 0 Å². The molecule has 3 heteroatoms. The van der Waals surface area contributed by atoms with Gasteiger partial charge in [0.05, 0.1) is 0 Å². The highest BCUT2D eigenvalue weighted by Crippen LogP contribution is 2.07. The highest BCUT2D eigenvalue weighted by Gasteiger charge is 1.96. The highest BCUT2D eigenvalue weighted by atomic mass is 16.4. The minimum atomic E-state index is 0.164. The van der Waals surface area contributed by atoms with Crippen LogP contribution in [-0.4, -0.2) is 11.0 Å². The fourth-order valence-electron chi connectivity index (χ4n) is 1.24. The lowest BCUT2D eigenvalue weighted by Crippen LogP contribution is -2.13. The van der Waals surface area contributed by atoms with Gasteiger partial charge in [0.25, 0.3) is 0 Å². The van der Waals surface area contributed by atoms with Gasteiger partial charge in [0.2, 0.25) is 0 Å². The van der Waals surface area contributed by atoms with E-state index >= 15 is 0 Å². The fourth-order valence-corrected chi connectivity index (χ4v) is 1.24. The van der Waals surface area contributed by atoms with Crippen LogP contribution in [-0.2, 0) is 0 Å². The molecule has 0 aromatic carbocycles. The molecule has 0 heterocycles. The lowest BCUT2D eigenvalue weighted by Gasteiger charge is -2.01.